The number of aliphatic hydroxyl groups is 1. The molecule has 0 amide bonds. The van der Waals surface area contributed by atoms with Gasteiger partial charge in [0.15, 0.2) is 0 Å². The van der Waals surface area contributed by atoms with Crippen LogP contribution in [0.4, 0.5) is 0 Å². The number of carbonyl (C=O) groups excluding carboxylic acids is 1. The van der Waals surface area contributed by atoms with E-state index in [2.05, 4.69) is 4.74 Å². The molecule has 0 radical (unpaired) electrons. The summed E-state index contributed by atoms with van der Waals surface area (Å²) < 4.78 is 4.53. The van der Waals surface area contributed by atoms with Crippen LogP contribution >= 0.6 is 0 Å². The second kappa shape index (κ2) is 4.79. The van der Waals surface area contributed by atoms with Gasteiger partial charge in [0.05, 0.1) is 7.11 Å². The highest BCUT2D eigenvalue weighted by Crippen LogP contribution is 2.26. The van der Waals surface area contributed by atoms with Crippen LogP contribution in [0.1, 0.15) is 21.5 Å². The lowest BCUT2D eigenvalue weighted by molar-refractivity contribution is 0.0597. The molecule has 0 atom stereocenters. The maximum absolute atomic E-state index is 11.3. The van der Waals surface area contributed by atoms with Gasteiger partial charge in [0, 0.05) is 6.61 Å². The number of aliphatic hydroxyl groups excluding tert-OH is 1. The SMILES string of the molecule is COC(=O)c1ccc(C)c(CCO)c1O. The topological polar surface area (TPSA) is 66.8 Å². The molecule has 0 aromatic heterocycles. The second-order valence-electron chi connectivity index (χ2n) is 3.22. The number of phenolic OH excluding ortho intramolecular Hbond substituents is 1. The molecule has 1 aromatic rings. The molecule has 1 aromatic carbocycles. The highest BCUT2D eigenvalue weighted by Gasteiger charge is 2.15. The maximum atomic E-state index is 11.3. The molecule has 0 spiro atoms. The fourth-order valence-corrected chi connectivity index (χ4v) is 1.44. The number of carbonyl (C=O) groups is 1. The summed E-state index contributed by atoms with van der Waals surface area (Å²) in [5.74, 6) is -0.678. The van der Waals surface area contributed by atoms with E-state index >= 15 is 0 Å². The normalized spacial score (nSPS) is 10.1. The summed E-state index contributed by atoms with van der Waals surface area (Å²) in [6, 6.07) is 3.23. The van der Waals surface area contributed by atoms with Gasteiger partial charge >= 0.3 is 5.97 Å². The molecule has 2 N–H and O–H groups in total. The van der Waals surface area contributed by atoms with Crippen LogP contribution in [0.2, 0.25) is 0 Å². The van der Waals surface area contributed by atoms with Crippen LogP contribution in [0.5, 0.6) is 5.75 Å². The highest BCUT2D eigenvalue weighted by atomic mass is 16.5. The van der Waals surface area contributed by atoms with Crippen LogP contribution in [-0.2, 0) is 11.2 Å². The third kappa shape index (κ3) is 2.27. The van der Waals surface area contributed by atoms with Crippen molar-refractivity contribution in [3.8, 4) is 5.75 Å². The molecule has 0 unspecified atom stereocenters. The van der Waals surface area contributed by atoms with Crippen molar-refractivity contribution in [3.05, 3.63) is 28.8 Å². The standard InChI is InChI=1S/C11H14O4/c1-7-3-4-9(11(14)15-2)10(13)8(7)5-6-12/h3-4,12-13H,5-6H2,1-2H3. The lowest BCUT2D eigenvalue weighted by Gasteiger charge is -2.10. The van der Waals surface area contributed by atoms with E-state index < -0.39 is 5.97 Å². The Hall–Kier alpha value is -1.55. The number of hydrogen-bond donors (Lipinski definition) is 2. The number of aryl methyl sites for hydroxylation is 1. The van der Waals surface area contributed by atoms with Crippen molar-refractivity contribution >= 4 is 5.97 Å². The summed E-state index contributed by atoms with van der Waals surface area (Å²) >= 11 is 0. The van der Waals surface area contributed by atoms with Crippen molar-refractivity contribution < 1.29 is 19.7 Å². The third-order valence-corrected chi connectivity index (χ3v) is 2.28. The summed E-state index contributed by atoms with van der Waals surface area (Å²) in [4.78, 5) is 11.3. The smallest absolute Gasteiger partial charge is 0.341 e. The van der Waals surface area contributed by atoms with Gasteiger partial charge in [0.25, 0.3) is 0 Å². The molecule has 0 aliphatic rings. The van der Waals surface area contributed by atoms with Gasteiger partial charge in [-0.25, -0.2) is 4.79 Å². The van der Waals surface area contributed by atoms with Crippen LogP contribution < -0.4 is 0 Å². The molecule has 0 saturated carbocycles. The van der Waals surface area contributed by atoms with Crippen molar-refractivity contribution in [2.24, 2.45) is 0 Å². The Kier molecular flexibility index (Phi) is 3.68. The Labute approximate surface area is 88.1 Å². The first-order chi connectivity index (χ1) is 7.11. The average molecular weight is 210 g/mol. The van der Waals surface area contributed by atoms with Crippen molar-refractivity contribution in [1.29, 1.82) is 0 Å². The first-order valence-corrected chi connectivity index (χ1v) is 4.62. The predicted octanol–water partition coefficient (Wildman–Crippen LogP) is 1.02. The molecule has 4 nitrogen and oxygen atoms in total. The number of ether oxygens (including phenoxy) is 1. The van der Waals surface area contributed by atoms with Crippen LogP contribution in [0.15, 0.2) is 12.1 Å². The molecule has 0 aliphatic carbocycles. The molecule has 0 bridgehead atoms. The van der Waals surface area contributed by atoms with Gasteiger partial charge in [-0.2, -0.15) is 0 Å². The van der Waals surface area contributed by atoms with E-state index in [0.29, 0.717) is 12.0 Å². The summed E-state index contributed by atoms with van der Waals surface area (Å²) in [6.07, 6.45) is 0.322. The number of rotatable bonds is 3. The lowest BCUT2D eigenvalue weighted by atomic mass is 10.0. The van der Waals surface area contributed by atoms with Gasteiger partial charge in [-0.3, -0.25) is 0 Å². The van der Waals surface area contributed by atoms with E-state index in [1.165, 1.54) is 13.2 Å². The van der Waals surface area contributed by atoms with Gasteiger partial charge in [-0.15, -0.1) is 0 Å². The quantitative estimate of drug-likeness (QED) is 0.731. The van der Waals surface area contributed by atoms with Crippen LogP contribution in [0.25, 0.3) is 0 Å². The van der Waals surface area contributed by atoms with Crippen molar-refractivity contribution in [2.75, 3.05) is 13.7 Å². The van der Waals surface area contributed by atoms with Gasteiger partial charge in [-0.1, -0.05) is 6.07 Å². The fourth-order valence-electron chi connectivity index (χ4n) is 1.44. The molecule has 0 heterocycles. The zero-order valence-electron chi connectivity index (χ0n) is 8.78. The zero-order valence-corrected chi connectivity index (χ0v) is 8.78. The molecular weight excluding hydrogens is 196 g/mol. The zero-order chi connectivity index (χ0) is 11.4. The van der Waals surface area contributed by atoms with Crippen LogP contribution in [-0.4, -0.2) is 29.9 Å². The van der Waals surface area contributed by atoms with Gasteiger partial charge in [0.1, 0.15) is 11.3 Å². The molecule has 82 valence electrons. The Morgan fingerprint density at radius 1 is 1.47 bits per heavy atom. The monoisotopic (exact) mass is 210 g/mol. The number of methoxy groups -OCH3 is 1. The van der Waals surface area contributed by atoms with Gasteiger partial charge < -0.3 is 14.9 Å². The first-order valence-electron chi connectivity index (χ1n) is 4.62. The minimum Gasteiger partial charge on any atom is -0.507 e. The minimum absolute atomic E-state index is 0.0704. The Morgan fingerprint density at radius 3 is 2.67 bits per heavy atom. The van der Waals surface area contributed by atoms with Crippen molar-refractivity contribution in [1.82, 2.24) is 0 Å². The number of aromatic hydroxyl groups is 1. The number of phenols is 1. The molecular formula is C11H14O4. The minimum atomic E-state index is -0.577. The van der Waals surface area contributed by atoms with E-state index in [1.54, 1.807) is 6.07 Å². The Balaban J connectivity index is 3.21. The summed E-state index contributed by atoms with van der Waals surface area (Å²) in [6.45, 7) is 1.74. The molecule has 0 fully saturated rings. The summed E-state index contributed by atoms with van der Waals surface area (Å²) in [7, 11) is 1.26. The Bertz CT molecular complexity index is 371. The molecule has 15 heavy (non-hydrogen) atoms. The van der Waals surface area contributed by atoms with Gasteiger partial charge in [-0.05, 0) is 30.5 Å². The predicted molar refractivity (Wildman–Crippen MR) is 55.0 cm³/mol. The summed E-state index contributed by atoms with van der Waals surface area (Å²) in [5, 5.41) is 18.6. The van der Waals surface area contributed by atoms with E-state index in [1.807, 2.05) is 6.92 Å². The van der Waals surface area contributed by atoms with Gasteiger partial charge in [0.2, 0.25) is 0 Å². The third-order valence-electron chi connectivity index (χ3n) is 2.28. The molecule has 0 aliphatic heterocycles. The Morgan fingerprint density at radius 2 is 2.13 bits per heavy atom. The molecule has 0 saturated heterocycles. The maximum Gasteiger partial charge on any atom is 0.341 e. The highest BCUT2D eigenvalue weighted by molar-refractivity contribution is 5.93. The number of hydrogen-bond acceptors (Lipinski definition) is 4. The largest absolute Gasteiger partial charge is 0.507 e. The second-order valence-corrected chi connectivity index (χ2v) is 3.22. The fraction of sp³-hybridized carbons (Fsp3) is 0.364. The van der Waals surface area contributed by atoms with Crippen molar-refractivity contribution in [2.45, 2.75) is 13.3 Å². The average Bonchev–Trinajstić information content (AvgIpc) is 2.23. The lowest BCUT2D eigenvalue weighted by Crippen LogP contribution is -2.05. The van der Waals surface area contributed by atoms with E-state index in [9.17, 15) is 9.90 Å². The molecule has 1 rings (SSSR count). The number of esters is 1. The van der Waals surface area contributed by atoms with E-state index in [0.717, 1.165) is 5.56 Å². The summed E-state index contributed by atoms with van der Waals surface area (Å²) in [5.41, 5.74) is 1.56. The van der Waals surface area contributed by atoms with Crippen LogP contribution in [0, 0.1) is 6.92 Å². The molecule has 4 heteroatoms. The van der Waals surface area contributed by atoms with Crippen molar-refractivity contribution in [3.63, 3.8) is 0 Å². The first kappa shape index (κ1) is 11.5. The number of benzene rings is 1. The van der Waals surface area contributed by atoms with Crippen LogP contribution in [0.3, 0.4) is 0 Å². The van der Waals surface area contributed by atoms with E-state index in [-0.39, 0.29) is 17.9 Å². The van der Waals surface area contributed by atoms with E-state index in [4.69, 9.17) is 5.11 Å².